The number of aromatic hydroxyl groups is 3. The van der Waals surface area contributed by atoms with Gasteiger partial charge < -0.3 is 78.8 Å². The summed E-state index contributed by atoms with van der Waals surface area (Å²) in [6, 6.07) is 4.45. The van der Waals surface area contributed by atoms with Gasteiger partial charge in [0.05, 0.1) is 26.9 Å². The number of fused-ring (bicyclic) bond motifs is 1. The van der Waals surface area contributed by atoms with Gasteiger partial charge in [0.15, 0.2) is 23.5 Å². The molecule has 0 amide bonds. The lowest BCUT2D eigenvalue weighted by atomic mass is 9.98. The zero-order chi connectivity index (χ0) is 33.6. The summed E-state index contributed by atoms with van der Waals surface area (Å²) >= 11 is 0. The minimum atomic E-state index is -1.97. The monoisotopic (exact) mass is 654 g/mol. The molecule has 0 aliphatic carbocycles. The summed E-state index contributed by atoms with van der Waals surface area (Å²) in [5.41, 5.74) is -1.27. The number of hydrogen-bond acceptors (Lipinski definition) is 17. The van der Waals surface area contributed by atoms with Crippen LogP contribution in [0.2, 0.25) is 0 Å². The summed E-state index contributed by atoms with van der Waals surface area (Å²) in [6.07, 6.45) is -16.2. The summed E-state index contributed by atoms with van der Waals surface area (Å²) in [5.74, 6) is -2.76. The Bertz CT molecular complexity index is 1600. The van der Waals surface area contributed by atoms with Crippen LogP contribution in [-0.2, 0) is 14.2 Å². The molecule has 2 saturated heterocycles. The van der Waals surface area contributed by atoms with Gasteiger partial charge in [0.2, 0.25) is 23.2 Å². The fraction of sp³-hybridized carbons (Fsp3) is 0.483. The molecule has 17 nitrogen and oxygen atoms in total. The van der Waals surface area contributed by atoms with Crippen molar-refractivity contribution in [3.8, 4) is 45.8 Å². The first-order valence-corrected chi connectivity index (χ1v) is 13.9. The molecule has 0 saturated carbocycles. The van der Waals surface area contributed by atoms with Crippen molar-refractivity contribution >= 4 is 11.0 Å². The SMILES string of the molecule is COc1cc(-c2oc3cc(O)cc(O)c3c(=O)c2O[C@@H]2OC(CO[C@@H]3OC(C)[C@H](O)[C@H](O)C3O)[C@@H](O)C(O)C2O)cc(OC)c1O. The molecule has 2 aromatic carbocycles. The lowest BCUT2D eigenvalue weighted by molar-refractivity contribution is -0.318. The van der Waals surface area contributed by atoms with Crippen molar-refractivity contribution < 1.29 is 78.8 Å². The highest BCUT2D eigenvalue weighted by Gasteiger charge is 2.48. The molecule has 0 spiro atoms. The van der Waals surface area contributed by atoms with Gasteiger partial charge in [-0.2, -0.15) is 0 Å². The lowest BCUT2D eigenvalue weighted by Gasteiger charge is -2.42. The predicted molar refractivity (Wildman–Crippen MR) is 152 cm³/mol. The van der Waals surface area contributed by atoms with Gasteiger partial charge in [0, 0.05) is 17.7 Å². The maximum atomic E-state index is 13.8. The smallest absolute Gasteiger partial charge is 0.239 e. The zero-order valence-corrected chi connectivity index (χ0v) is 24.6. The van der Waals surface area contributed by atoms with Gasteiger partial charge in [-0.3, -0.25) is 4.79 Å². The summed E-state index contributed by atoms with van der Waals surface area (Å²) in [5, 5.41) is 92.7. The molecule has 5 unspecified atom stereocenters. The van der Waals surface area contributed by atoms with Gasteiger partial charge in [-0.25, -0.2) is 0 Å². The van der Waals surface area contributed by atoms with Crippen LogP contribution in [0.1, 0.15) is 6.92 Å². The molecule has 2 fully saturated rings. The van der Waals surface area contributed by atoms with Crippen molar-refractivity contribution in [1.82, 2.24) is 0 Å². The molecule has 9 N–H and O–H groups in total. The van der Waals surface area contributed by atoms with E-state index in [1.165, 1.54) is 33.3 Å². The van der Waals surface area contributed by atoms with E-state index in [0.29, 0.717) is 0 Å². The van der Waals surface area contributed by atoms with Crippen molar-refractivity contribution in [1.29, 1.82) is 0 Å². The molecule has 2 aliphatic rings. The molecule has 2 aliphatic heterocycles. The Labute approximate surface area is 259 Å². The third-order valence-electron chi connectivity index (χ3n) is 7.80. The van der Waals surface area contributed by atoms with E-state index in [4.69, 9.17) is 32.8 Å². The molecule has 5 rings (SSSR count). The second kappa shape index (κ2) is 13.1. The number of phenolic OH excluding ortho intramolecular Hbond substituents is 3. The van der Waals surface area contributed by atoms with E-state index in [1.54, 1.807) is 0 Å². The van der Waals surface area contributed by atoms with Crippen LogP contribution < -0.4 is 19.6 Å². The Morgan fingerprint density at radius 3 is 2.00 bits per heavy atom. The fourth-order valence-corrected chi connectivity index (χ4v) is 5.20. The van der Waals surface area contributed by atoms with Crippen LogP contribution in [0.15, 0.2) is 33.5 Å². The van der Waals surface area contributed by atoms with Crippen LogP contribution in [0.3, 0.4) is 0 Å². The Balaban J connectivity index is 1.52. The second-order valence-corrected chi connectivity index (χ2v) is 10.8. The van der Waals surface area contributed by atoms with Crippen molar-refractivity contribution in [2.75, 3.05) is 20.8 Å². The first-order valence-electron chi connectivity index (χ1n) is 13.9. The third kappa shape index (κ3) is 5.99. The second-order valence-electron chi connectivity index (χ2n) is 10.8. The van der Waals surface area contributed by atoms with E-state index < -0.39 is 96.1 Å². The number of aliphatic hydroxyl groups excluding tert-OH is 6. The fourth-order valence-electron chi connectivity index (χ4n) is 5.20. The van der Waals surface area contributed by atoms with E-state index in [2.05, 4.69) is 0 Å². The van der Waals surface area contributed by atoms with Crippen LogP contribution in [0.4, 0.5) is 0 Å². The molecule has 46 heavy (non-hydrogen) atoms. The number of phenols is 3. The number of rotatable bonds is 8. The summed E-state index contributed by atoms with van der Waals surface area (Å²) in [7, 11) is 2.51. The Hall–Kier alpha value is -3.91. The summed E-state index contributed by atoms with van der Waals surface area (Å²) < 4.78 is 38.6. The minimum absolute atomic E-state index is 0.0207. The maximum Gasteiger partial charge on any atom is 0.239 e. The van der Waals surface area contributed by atoms with Crippen molar-refractivity contribution in [3.05, 3.63) is 34.5 Å². The maximum absolute atomic E-state index is 13.8. The van der Waals surface area contributed by atoms with E-state index in [1.807, 2.05) is 0 Å². The highest BCUT2D eigenvalue weighted by Crippen LogP contribution is 2.44. The van der Waals surface area contributed by atoms with Gasteiger partial charge in [0.1, 0.15) is 65.2 Å². The predicted octanol–water partition coefficient (Wildman–Crippen LogP) is -1.38. The molecular weight excluding hydrogens is 620 g/mol. The summed E-state index contributed by atoms with van der Waals surface area (Å²) in [4.78, 5) is 13.8. The van der Waals surface area contributed by atoms with E-state index in [0.717, 1.165) is 12.1 Å². The third-order valence-corrected chi connectivity index (χ3v) is 7.80. The molecule has 3 aromatic rings. The van der Waals surface area contributed by atoms with Crippen LogP contribution in [-0.4, -0.2) is 128 Å². The van der Waals surface area contributed by atoms with Gasteiger partial charge in [-0.15, -0.1) is 0 Å². The first-order chi connectivity index (χ1) is 21.8. The van der Waals surface area contributed by atoms with Crippen molar-refractivity contribution in [2.45, 2.75) is 68.3 Å². The molecule has 252 valence electrons. The molecule has 0 bridgehead atoms. The van der Waals surface area contributed by atoms with Crippen LogP contribution in [0.5, 0.6) is 34.5 Å². The normalized spacial score (nSPS) is 31.5. The molecule has 17 heteroatoms. The Morgan fingerprint density at radius 2 is 1.37 bits per heavy atom. The van der Waals surface area contributed by atoms with E-state index in [-0.39, 0.29) is 34.2 Å². The number of ether oxygens (including phenoxy) is 6. The van der Waals surface area contributed by atoms with Gasteiger partial charge in [-0.1, -0.05) is 0 Å². The number of benzene rings is 2. The summed E-state index contributed by atoms with van der Waals surface area (Å²) in [6.45, 7) is 0.824. The van der Waals surface area contributed by atoms with E-state index in [9.17, 15) is 50.8 Å². The van der Waals surface area contributed by atoms with Crippen LogP contribution >= 0.6 is 0 Å². The van der Waals surface area contributed by atoms with Gasteiger partial charge >= 0.3 is 0 Å². The van der Waals surface area contributed by atoms with Gasteiger partial charge in [-0.05, 0) is 19.1 Å². The largest absolute Gasteiger partial charge is 0.508 e. The Morgan fingerprint density at radius 1 is 0.761 bits per heavy atom. The van der Waals surface area contributed by atoms with Crippen molar-refractivity contribution in [3.63, 3.8) is 0 Å². The number of hydrogen-bond donors (Lipinski definition) is 9. The highest BCUT2D eigenvalue weighted by molar-refractivity contribution is 5.88. The molecule has 10 atom stereocenters. The number of methoxy groups -OCH3 is 2. The zero-order valence-electron chi connectivity index (χ0n) is 24.6. The van der Waals surface area contributed by atoms with Gasteiger partial charge in [0.25, 0.3) is 0 Å². The van der Waals surface area contributed by atoms with Crippen LogP contribution in [0.25, 0.3) is 22.3 Å². The average Bonchev–Trinajstić information content (AvgIpc) is 3.02. The average molecular weight is 655 g/mol. The first kappa shape index (κ1) is 33.5. The topological polar surface area (TPSA) is 268 Å². The standard InChI is InChI=1S/C29H34O17/c1-9-18(32)22(36)24(38)28(43-9)42-8-16-20(34)23(37)25(39)29(45-16)46-27-21(35)17-12(31)6-11(30)7-13(17)44-26(27)10-4-14(40-2)19(33)15(5-10)41-3/h4-7,9,16,18,20,22-25,28-34,36-39H,8H2,1-3H3/t9?,16?,18-,20+,22-,23?,24?,25?,28+,29-/m0/s1. The van der Waals surface area contributed by atoms with Crippen LogP contribution in [0, 0.1) is 0 Å². The molecule has 3 heterocycles. The lowest BCUT2D eigenvalue weighted by Crippen LogP contribution is -2.61. The Kier molecular flexibility index (Phi) is 9.50. The molecule has 1 aromatic heterocycles. The molecular formula is C29H34O17. The van der Waals surface area contributed by atoms with Crippen molar-refractivity contribution in [2.24, 2.45) is 0 Å². The van der Waals surface area contributed by atoms with E-state index >= 15 is 0 Å². The molecule has 0 radical (unpaired) electrons. The minimum Gasteiger partial charge on any atom is -0.508 e. The quantitative estimate of drug-likeness (QED) is 0.135. The highest BCUT2D eigenvalue weighted by atomic mass is 16.7. The number of aliphatic hydroxyl groups is 6.